The third-order valence-electron chi connectivity index (χ3n) is 3.47. The fourth-order valence-corrected chi connectivity index (χ4v) is 11.8. The van der Waals surface area contributed by atoms with Crippen molar-refractivity contribution in [3.05, 3.63) is 25.3 Å². The SMILES string of the molecule is C=CC(=O)SCCC1CSC(C2SCC(CCSC(=O)C=C)S2)S1. The van der Waals surface area contributed by atoms with Crippen LogP contribution in [-0.4, -0.2) is 52.9 Å². The number of rotatable bonds is 9. The lowest BCUT2D eigenvalue weighted by atomic mass is 10.4. The molecule has 4 atom stereocenters. The molecular formula is C16H22O2S6. The molecule has 0 bridgehead atoms. The Morgan fingerprint density at radius 1 is 0.875 bits per heavy atom. The fraction of sp³-hybridized carbons (Fsp3) is 0.625. The smallest absolute Gasteiger partial charge is 0.211 e. The Morgan fingerprint density at radius 2 is 1.29 bits per heavy atom. The average molecular weight is 439 g/mol. The third-order valence-corrected chi connectivity index (χ3v) is 12.9. The Kier molecular flexibility index (Phi) is 10.3. The van der Waals surface area contributed by atoms with Crippen molar-refractivity contribution in [2.24, 2.45) is 0 Å². The van der Waals surface area contributed by atoms with Crippen LogP contribution >= 0.6 is 70.6 Å². The molecule has 2 nitrogen and oxygen atoms in total. The second kappa shape index (κ2) is 11.6. The molecule has 2 rings (SSSR count). The summed E-state index contributed by atoms with van der Waals surface area (Å²) in [6.07, 6.45) is 5.00. The van der Waals surface area contributed by atoms with E-state index in [1.54, 1.807) is 0 Å². The molecular weight excluding hydrogens is 417 g/mol. The van der Waals surface area contributed by atoms with Crippen molar-refractivity contribution in [1.82, 2.24) is 0 Å². The summed E-state index contributed by atoms with van der Waals surface area (Å²) in [7, 11) is 0. The first-order valence-electron chi connectivity index (χ1n) is 7.75. The van der Waals surface area contributed by atoms with Gasteiger partial charge in [-0.3, -0.25) is 9.59 Å². The normalized spacial score (nSPS) is 29.5. The van der Waals surface area contributed by atoms with Gasteiger partial charge in [0.1, 0.15) is 0 Å². The summed E-state index contributed by atoms with van der Waals surface area (Å²) in [5.41, 5.74) is 0. The van der Waals surface area contributed by atoms with Gasteiger partial charge in [-0.2, -0.15) is 0 Å². The van der Waals surface area contributed by atoms with Crippen LogP contribution in [0.4, 0.5) is 0 Å². The average Bonchev–Trinajstić information content (AvgIpc) is 3.23. The van der Waals surface area contributed by atoms with Crippen molar-refractivity contribution in [2.75, 3.05) is 23.0 Å². The zero-order valence-corrected chi connectivity index (χ0v) is 18.3. The standard InChI is InChI=1S/C16H22O2S6/c1-3-13(17)19-7-5-11-9-21-15(23-11)16-22-10-12(24-16)6-8-20-14(18)4-2/h3-4,11-12,15-16H,1-2,5-10H2. The van der Waals surface area contributed by atoms with E-state index in [9.17, 15) is 9.59 Å². The van der Waals surface area contributed by atoms with E-state index in [-0.39, 0.29) is 10.2 Å². The maximum absolute atomic E-state index is 11.2. The molecule has 0 aromatic rings. The van der Waals surface area contributed by atoms with E-state index in [2.05, 4.69) is 60.2 Å². The molecule has 0 aromatic heterocycles. The first kappa shape index (κ1) is 21.2. The van der Waals surface area contributed by atoms with E-state index in [4.69, 9.17) is 0 Å². The summed E-state index contributed by atoms with van der Waals surface area (Å²) in [4.78, 5) is 22.5. The van der Waals surface area contributed by atoms with Crippen LogP contribution in [0.25, 0.3) is 0 Å². The Morgan fingerprint density at radius 3 is 1.67 bits per heavy atom. The molecule has 2 aliphatic rings. The Labute approximate surface area is 170 Å². The van der Waals surface area contributed by atoms with Crippen molar-refractivity contribution in [3.8, 4) is 0 Å². The fourth-order valence-electron chi connectivity index (χ4n) is 2.23. The molecule has 2 saturated heterocycles. The molecule has 0 saturated carbocycles. The maximum atomic E-state index is 11.2. The lowest BCUT2D eigenvalue weighted by Crippen LogP contribution is -2.10. The highest BCUT2D eigenvalue weighted by Gasteiger charge is 2.37. The lowest BCUT2D eigenvalue weighted by Gasteiger charge is -2.16. The van der Waals surface area contributed by atoms with Crippen LogP contribution in [0.3, 0.4) is 0 Å². The first-order chi connectivity index (χ1) is 11.6. The summed E-state index contributed by atoms with van der Waals surface area (Å²) >= 11 is 11.1. The second-order valence-corrected chi connectivity index (χ2v) is 13.3. The number of carbonyl (C=O) groups is 2. The molecule has 4 unspecified atom stereocenters. The maximum Gasteiger partial charge on any atom is 0.211 e. The highest BCUT2D eigenvalue weighted by Crippen LogP contribution is 2.52. The van der Waals surface area contributed by atoms with Crippen molar-refractivity contribution >= 4 is 80.8 Å². The minimum atomic E-state index is 0.0831. The van der Waals surface area contributed by atoms with Crippen molar-refractivity contribution in [2.45, 2.75) is 32.5 Å². The predicted octanol–water partition coefficient (Wildman–Crippen LogP) is 5.01. The van der Waals surface area contributed by atoms with Gasteiger partial charge in [-0.05, 0) is 25.0 Å². The largest absolute Gasteiger partial charge is 0.282 e. The van der Waals surface area contributed by atoms with Gasteiger partial charge in [-0.15, -0.1) is 47.0 Å². The van der Waals surface area contributed by atoms with Crippen molar-refractivity contribution in [1.29, 1.82) is 0 Å². The van der Waals surface area contributed by atoms with Crippen LogP contribution in [0.15, 0.2) is 25.3 Å². The van der Waals surface area contributed by atoms with Crippen LogP contribution < -0.4 is 0 Å². The minimum absolute atomic E-state index is 0.0831. The van der Waals surface area contributed by atoms with Gasteiger partial charge in [-0.25, -0.2) is 0 Å². The van der Waals surface area contributed by atoms with Crippen LogP contribution in [0.5, 0.6) is 0 Å². The molecule has 0 aromatic carbocycles. The summed E-state index contributed by atoms with van der Waals surface area (Å²) in [5, 5.41) is 1.51. The van der Waals surface area contributed by atoms with E-state index in [0.717, 1.165) is 24.3 Å². The summed E-state index contributed by atoms with van der Waals surface area (Å²) < 4.78 is 1.33. The van der Waals surface area contributed by atoms with Gasteiger partial charge in [-0.1, -0.05) is 36.7 Å². The Bertz CT molecular complexity index is 427. The van der Waals surface area contributed by atoms with E-state index in [1.165, 1.54) is 47.2 Å². The number of thioether (sulfide) groups is 6. The number of hydrogen-bond donors (Lipinski definition) is 0. The second-order valence-electron chi connectivity index (χ2n) is 5.24. The van der Waals surface area contributed by atoms with E-state index < -0.39 is 0 Å². The Hall–Kier alpha value is 0.920. The van der Waals surface area contributed by atoms with Crippen LogP contribution in [-0.2, 0) is 9.59 Å². The van der Waals surface area contributed by atoms with E-state index in [1.807, 2.05) is 0 Å². The molecule has 2 fully saturated rings. The van der Waals surface area contributed by atoms with Crippen LogP contribution in [0.1, 0.15) is 12.8 Å². The highest BCUT2D eigenvalue weighted by atomic mass is 32.2. The van der Waals surface area contributed by atoms with Gasteiger partial charge in [0, 0.05) is 33.5 Å². The number of hydrogen-bond acceptors (Lipinski definition) is 8. The predicted molar refractivity (Wildman–Crippen MR) is 120 cm³/mol. The Balaban J connectivity index is 1.62. The zero-order valence-electron chi connectivity index (χ0n) is 13.4. The minimum Gasteiger partial charge on any atom is -0.282 e. The molecule has 0 radical (unpaired) electrons. The molecule has 0 aliphatic carbocycles. The van der Waals surface area contributed by atoms with Crippen LogP contribution in [0.2, 0.25) is 0 Å². The molecule has 0 N–H and O–H groups in total. The monoisotopic (exact) mass is 438 g/mol. The summed E-state index contributed by atoms with van der Waals surface area (Å²) in [5.74, 6) is 4.20. The van der Waals surface area contributed by atoms with Crippen LogP contribution in [0, 0.1) is 0 Å². The molecule has 134 valence electrons. The van der Waals surface area contributed by atoms with E-state index in [0.29, 0.717) is 19.7 Å². The first-order valence-corrected chi connectivity index (χ1v) is 13.7. The van der Waals surface area contributed by atoms with Gasteiger partial charge in [0.2, 0.25) is 10.2 Å². The van der Waals surface area contributed by atoms with Crippen molar-refractivity contribution in [3.63, 3.8) is 0 Å². The molecule has 0 spiro atoms. The molecule has 0 amide bonds. The highest BCUT2D eigenvalue weighted by molar-refractivity contribution is 8.26. The van der Waals surface area contributed by atoms with Crippen molar-refractivity contribution < 1.29 is 9.59 Å². The van der Waals surface area contributed by atoms with Gasteiger partial charge in [0.05, 0.1) is 9.16 Å². The number of carbonyl (C=O) groups excluding carboxylic acids is 2. The molecule has 8 heteroatoms. The quantitative estimate of drug-likeness (QED) is 0.465. The topological polar surface area (TPSA) is 34.1 Å². The zero-order chi connectivity index (χ0) is 17.4. The van der Waals surface area contributed by atoms with Gasteiger partial charge >= 0.3 is 0 Å². The third kappa shape index (κ3) is 7.27. The lowest BCUT2D eigenvalue weighted by molar-refractivity contribution is -0.107. The molecule has 2 aliphatic heterocycles. The van der Waals surface area contributed by atoms with Gasteiger partial charge < -0.3 is 0 Å². The van der Waals surface area contributed by atoms with E-state index >= 15 is 0 Å². The van der Waals surface area contributed by atoms with Gasteiger partial charge in [0.25, 0.3) is 0 Å². The molecule has 2 heterocycles. The summed E-state index contributed by atoms with van der Waals surface area (Å²) in [6, 6.07) is 0. The van der Waals surface area contributed by atoms with Gasteiger partial charge in [0.15, 0.2) is 0 Å². The molecule has 24 heavy (non-hydrogen) atoms. The summed E-state index contributed by atoms with van der Waals surface area (Å²) in [6.45, 7) is 7.02.